The van der Waals surface area contributed by atoms with Crippen molar-refractivity contribution in [3.05, 3.63) is 0 Å². The zero-order valence-corrected chi connectivity index (χ0v) is 10.7. The first-order chi connectivity index (χ1) is 7.76. The summed E-state index contributed by atoms with van der Waals surface area (Å²) in [6, 6.07) is -1.62. The highest BCUT2D eigenvalue weighted by Gasteiger charge is 2.18. The molecule has 0 aromatic heterocycles. The van der Waals surface area contributed by atoms with E-state index in [1.807, 2.05) is 0 Å². The minimum absolute atomic E-state index is 0.0386. The van der Waals surface area contributed by atoms with Crippen LogP contribution >= 0.6 is 0 Å². The van der Waals surface area contributed by atoms with Crippen molar-refractivity contribution in [1.82, 2.24) is 10.6 Å². The second-order valence-electron chi connectivity index (χ2n) is 3.71. The Hall–Kier alpha value is -1.31. The van der Waals surface area contributed by atoms with Gasteiger partial charge in [-0.3, -0.25) is 0 Å². The van der Waals surface area contributed by atoms with Crippen molar-refractivity contribution < 1.29 is 23.1 Å². The number of carbonyl (C=O) groups excluding carboxylic acids is 1. The number of nitrogens with one attached hydrogen (secondary N) is 2. The zero-order valence-electron chi connectivity index (χ0n) is 9.89. The largest absolute Gasteiger partial charge is 0.480 e. The quantitative estimate of drug-likeness (QED) is 0.579. The van der Waals surface area contributed by atoms with Crippen LogP contribution in [-0.4, -0.2) is 50.1 Å². The molecule has 0 heterocycles. The fraction of sp³-hybridized carbons (Fsp3) is 0.778. The number of hydrogen-bond acceptors (Lipinski definition) is 4. The van der Waals surface area contributed by atoms with Crippen LogP contribution in [0, 0.1) is 0 Å². The van der Waals surface area contributed by atoms with Crippen molar-refractivity contribution in [2.75, 3.05) is 18.6 Å². The highest BCUT2D eigenvalue weighted by molar-refractivity contribution is 7.90. The van der Waals surface area contributed by atoms with E-state index in [4.69, 9.17) is 5.11 Å². The molecule has 0 aliphatic carbocycles. The topological polar surface area (TPSA) is 113 Å². The number of aliphatic carboxylic acids is 1. The number of carbonyl (C=O) groups is 2. The Morgan fingerprint density at radius 2 is 1.94 bits per heavy atom. The van der Waals surface area contributed by atoms with Crippen LogP contribution < -0.4 is 10.6 Å². The van der Waals surface area contributed by atoms with Gasteiger partial charge in [0.1, 0.15) is 15.9 Å². The average Bonchev–Trinajstić information content (AvgIpc) is 2.14. The molecular weight excluding hydrogens is 248 g/mol. The van der Waals surface area contributed by atoms with Crippen LogP contribution in [0.1, 0.15) is 19.8 Å². The molecule has 1 atom stereocenters. The summed E-state index contributed by atoms with van der Waals surface area (Å²) < 4.78 is 21.6. The summed E-state index contributed by atoms with van der Waals surface area (Å²) in [6.45, 7) is 1.77. The predicted octanol–water partition coefficient (Wildman–Crippen LogP) is -0.416. The number of sulfone groups is 1. The van der Waals surface area contributed by atoms with Gasteiger partial charge in [-0.15, -0.1) is 0 Å². The molecule has 0 radical (unpaired) electrons. The van der Waals surface area contributed by atoms with Gasteiger partial charge in [0.2, 0.25) is 0 Å². The van der Waals surface area contributed by atoms with Crippen molar-refractivity contribution in [3.63, 3.8) is 0 Å². The van der Waals surface area contributed by atoms with E-state index in [9.17, 15) is 18.0 Å². The lowest BCUT2D eigenvalue weighted by Gasteiger charge is -2.13. The Balaban J connectivity index is 4.03. The third kappa shape index (κ3) is 8.49. The normalized spacial score (nSPS) is 12.8. The Morgan fingerprint density at radius 1 is 1.35 bits per heavy atom. The summed E-state index contributed by atoms with van der Waals surface area (Å²) >= 11 is 0. The molecule has 17 heavy (non-hydrogen) atoms. The summed E-state index contributed by atoms with van der Waals surface area (Å²) in [7, 11) is -3.13. The molecule has 0 unspecified atom stereocenters. The molecule has 0 fully saturated rings. The van der Waals surface area contributed by atoms with E-state index in [0.29, 0.717) is 12.8 Å². The molecule has 3 N–H and O–H groups in total. The van der Waals surface area contributed by atoms with Crippen molar-refractivity contribution in [3.8, 4) is 0 Å². The average molecular weight is 266 g/mol. The van der Waals surface area contributed by atoms with Crippen molar-refractivity contribution in [2.45, 2.75) is 25.8 Å². The summed E-state index contributed by atoms with van der Waals surface area (Å²) in [4.78, 5) is 22.0. The maximum absolute atomic E-state index is 11.2. The van der Waals surface area contributed by atoms with E-state index >= 15 is 0 Å². The number of carboxylic acids is 1. The molecule has 0 bridgehead atoms. The zero-order chi connectivity index (χ0) is 13.5. The van der Waals surface area contributed by atoms with Gasteiger partial charge in [-0.05, 0) is 6.42 Å². The van der Waals surface area contributed by atoms with Gasteiger partial charge >= 0.3 is 12.0 Å². The van der Waals surface area contributed by atoms with Gasteiger partial charge in [0.25, 0.3) is 0 Å². The number of rotatable bonds is 7. The fourth-order valence-electron chi connectivity index (χ4n) is 1.11. The van der Waals surface area contributed by atoms with Gasteiger partial charge in [0.15, 0.2) is 0 Å². The van der Waals surface area contributed by atoms with E-state index < -0.39 is 27.9 Å². The van der Waals surface area contributed by atoms with Gasteiger partial charge in [0, 0.05) is 12.8 Å². The minimum atomic E-state index is -3.13. The van der Waals surface area contributed by atoms with Gasteiger partial charge in [-0.2, -0.15) is 0 Å². The molecule has 0 saturated carbocycles. The van der Waals surface area contributed by atoms with Crippen LogP contribution in [0.4, 0.5) is 4.79 Å². The molecule has 0 aliphatic rings. The molecule has 0 rings (SSSR count). The van der Waals surface area contributed by atoms with Crippen LogP contribution in [0.15, 0.2) is 0 Å². The van der Waals surface area contributed by atoms with E-state index in [1.165, 1.54) is 0 Å². The summed E-state index contributed by atoms with van der Waals surface area (Å²) in [5.74, 6) is -1.28. The van der Waals surface area contributed by atoms with Crippen LogP contribution in [0.5, 0.6) is 0 Å². The Labute approximate surface area is 101 Å². The van der Waals surface area contributed by atoms with Crippen LogP contribution in [0.3, 0.4) is 0 Å². The second-order valence-corrected chi connectivity index (χ2v) is 5.97. The van der Waals surface area contributed by atoms with Crippen molar-refractivity contribution in [1.29, 1.82) is 0 Å². The molecule has 8 heteroatoms. The smallest absolute Gasteiger partial charge is 0.326 e. The molecule has 7 nitrogen and oxygen atoms in total. The standard InChI is InChI=1S/C9H18N2O5S/c1-3-4-7(8(12)13)11-9(14)10-5-6-17(2,15)16/h7H,3-6H2,1-2H3,(H,12,13)(H2,10,11,14)/t7-/m1/s1. The molecule has 0 saturated heterocycles. The summed E-state index contributed by atoms with van der Waals surface area (Å²) in [5, 5.41) is 13.3. The lowest BCUT2D eigenvalue weighted by Crippen LogP contribution is -2.46. The van der Waals surface area contributed by atoms with Crippen LogP contribution in [0.25, 0.3) is 0 Å². The monoisotopic (exact) mass is 266 g/mol. The van der Waals surface area contributed by atoms with Gasteiger partial charge in [-0.25, -0.2) is 18.0 Å². The number of hydrogen-bond donors (Lipinski definition) is 3. The lowest BCUT2D eigenvalue weighted by molar-refractivity contribution is -0.139. The molecule has 100 valence electrons. The number of carboxylic acid groups (broad SMARTS) is 1. The fourth-order valence-corrected chi connectivity index (χ4v) is 1.58. The number of amides is 2. The third-order valence-electron chi connectivity index (χ3n) is 1.94. The molecule has 0 aliphatic heterocycles. The SMILES string of the molecule is CCC[C@@H](NC(=O)NCCS(C)(=O)=O)C(=O)O. The summed E-state index contributed by atoms with van der Waals surface area (Å²) in [5.41, 5.74) is 0. The molecule has 2 amide bonds. The molecule has 0 spiro atoms. The van der Waals surface area contributed by atoms with E-state index in [-0.39, 0.29) is 12.3 Å². The molecule has 0 aromatic rings. The van der Waals surface area contributed by atoms with Gasteiger partial charge in [0.05, 0.1) is 5.75 Å². The highest BCUT2D eigenvalue weighted by Crippen LogP contribution is 1.96. The Bertz CT molecular complexity index is 366. The van der Waals surface area contributed by atoms with Crippen LogP contribution in [-0.2, 0) is 14.6 Å². The number of urea groups is 1. The summed E-state index contributed by atoms with van der Waals surface area (Å²) in [6.07, 6.45) is 2.01. The maximum atomic E-state index is 11.2. The highest BCUT2D eigenvalue weighted by atomic mass is 32.2. The van der Waals surface area contributed by atoms with E-state index in [1.54, 1.807) is 6.92 Å². The lowest BCUT2D eigenvalue weighted by atomic mass is 10.2. The first kappa shape index (κ1) is 15.7. The van der Waals surface area contributed by atoms with Crippen molar-refractivity contribution >= 4 is 21.8 Å². The second kappa shape index (κ2) is 7.10. The molecular formula is C9H18N2O5S. The Morgan fingerprint density at radius 3 is 2.35 bits per heavy atom. The van der Waals surface area contributed by atoms with E-state index in [0.717, 1.165) is 6.26 Å². The van der Waals surface area contributed by atoms with Crippen LogP contribution in [0.2, 0.25) is 0 Å². The van der Waals surface area contributed by atoms with Gasteiger partial charge < -0.3 is 15.7 Å². The Kier molecular flexibility index (Phi) is 6.55. The maximum Gasteiger partial charge on any atom is 0.326 e. The molecule has 0 aromatic carbocycles. The first-order valence-corrected chi connectivity index (χ1v) is 7.27. The third-order valence-corrected chi connectivity index (χ3v) is 2.88. The van der Waals surface area contributed by atoms with E-state index in [2.05, 4.69) is 10.6 Å². The minimum Gasteiger partial charge on any atom is -0.480 e. The predicted molar refractivity (Wildman–Crippen MR) is 62.6 cm³/mol. The van der Waals surface area contributed by atoms with Crippen molar-refractivity contribution in [2.24, 2.45) is 0 Å². The first-order valence-electron chi connectivity index (χ1n) is 5.21. The van der Waals surface area contributed by atoms with Gasteiger partial charge in [-0.1, -0.05) is 13.3 Å².